The number of amides is 1. The summed E-state index contributed by atoms with van der Waals surface area (Å²) in [7, 11) is 0. The van der Waals surface area contributed by atoms with Gasteiger partial charge in [0.2, 0.25) is 0 Å². The van der Waals surface area contributed by atoms with E-state index in [0.29, 0.717) is 16.3 Å². The molecule has 2 aromatic rings. The standard InChI is InChI=1S/C15H13ClN2O4/c1-10-8-13(18-22-10)17-14(19)9-21-15(20)7-6-11-4-2-3-5-12(11)16/h2-8H,9H2,1H3,(H,17,18,19). The molecule has 1 N–H and O–H groups in total. The van der Waals surface area contributed by atoms with Crippen LogP contribution in [0, 0.1) is 6.92 Å². The van der Waals surface area contributed by atoms with Crippen LogP contribution in [-0.2, 0) is 14.3 Å². The maximum absolute atomic E-state index is 11.5. The number of esters is 1. The van der Waals surface area contributed by atoms with E-state index in [0.717, 1.165) is 0 Å². The van der Waals surface area contributed by atoms with Gasteiger partial charge in [0.1, 0.15) is 5.76 Å². The van der Waals surface area contributed by atoms with Crippen molar-refractivity contribution in [2.75, 3.05) is 11.9 Å². The Hall–Kier alpha value is -2.60. The van der Waals surface area contributed by atoms with Crippen molar-refractivity contribution in [1.82, 2.24) is 5.16 Å². The first-order chi connectivity index (χ1) is 10.5. The van der Waals surface area contributed by atoms with Crippen molar-refractivity contribution in [3.8, 4) is 0 Å². The Kier molecular flexibility index (Phi) is 5.32. The predicted octanol–water partition coefficient (Wildman–Crippen LogP) is 2.83. The number of rotatable bonds is 5. The lowest BCUT2D eigenvalue weighted by Gasteiger charge is -2.02. The molecule has 0 bridgehead atoms. The highest BCUT2D eigenvalue weighted by molar-refractivity contribution is 6.32. The molecule has 0 radical (unpaired) electrons. The lowest BCUT2D eigenvalue weighted by molar-refractivity contribution is -0.142. The minimum absolute atomic E-state index is 0.269. The van der Waals surface area contributed by atoms with Gasteiger partial charge in [-0.05, 0) is 24.6 Å². The number of aryl methyl sites for hydroxylation is 1. The van der Waals surface area contributed by atoms with Crippen LogP contribution < -0.4 is 5.32 Å². The summed E-state index contributed by atoms with van der Waals surface area (Å²) in [5, 5.41) is 6.55. The van der Waals surface area contributed by atoms with Crippen LogP contribution in [0.1, 0.15) is 11.3 Å². The van der Waals surface area contributed by atoms with Crippen LogP contribution >= 0.6 is 11.6 Å². The molecule has 0 aliphatic carbocycles. The summed E-state index contributed by atoms with van der Waals surface area (Å²) in [5.74, 6) is -0.320. The Bertz CT molecular complexity index is 709. The molecule has 0 atom stereocenters. The highest BCUT2D eigenvalue weighted by Crippen LogP contribution is 2.16. The minimum Gasteiger partial charge on any atom is -0.452 e. The first-order valence-electron chi connectivity index (χ1n) is 6.37. The molecule has 1 aromatic heterocycles. The number of nitrogens with zero attached hydrogens (tertiary/aromatic N) is 1. The number of aromatic nitrogens is 1. The van der Waals surface area contributed by atoms with Crippen molar-refractivity contribution in [2.45, 2.75) is 6.92 Å². The second-order valence-electron chi connectivity index (χ2n) is 4.33. The Morgan fingerprint density at radius 2 is 2.18 bits per heavy atom. The van der Waals surface area contributed by atoms with E-state index >= 15 is 0 Å². The van der Waals surface area contributed by atoms with Crippen LogP contribution in [0.5, 0.6) is 0 Å². The van der Waals surface area contributed by atoms with Gasteiger partial charge in [-0.3, -0.25) is 4.79 Å². The molecule has 0 fully saturated rings. The van der Waals surface area contributed by atoms with Crippen molar-refractivity contribution in [2.24, 2.45) is 0 Å². The Labute approximate surface area is 131 Å². The number of hydrogen-bond acceptors (Lipinski definition) is 5. The molecule has 0 unspecified atom stereocenters. The van der Waals surface area contributed by atoms with Crippen molar-refractivity contribution in [1.29, 1.82) is 0 Å². The largest absolute Gasteiger partial charge is 0.452 e. The molecular weight excluding hydrogens is 308 g/mol. The Morgan fingerprint density at radius 3 is 2.86 bits per heavy atom. The molecule has 0 saturated carbocycles. The number of carbonyl (C=O) groups is 2. The number of ether oxygens (including phenoxy) is 1. The summed E-state index contributed by atoms with van der Waals surface area (Å²) in [6, 6.07) is 8.60. The van der Waals surface area contributed by atoms with Crippen LogP contribution in [0.2, 0.25) is 5.02 Å². The summed E-state index contributed by atoms with van der Waals surface area (Å²) in [5.41, 5.74) is 0.684. The molecule has 0 aliphatic rings. The van der Waals surface area contributed by atoms with E-state index in [9.17, 15) is 9.59 Å². The smallest absolute Gasteiger partial charge is 0.331 e. The number of hydrogen-bond donors (Lipinski definition) is 1. The summed E-state index contributed by atoms with van der Waals surface area (Å²) < 4.78 is 9.60. The average Bonchev–Trinajstić information content (AvgIpc) is 2.89. The summed E-state index contributed by atoms with van der Waals surface area (Å²) >= 11 is 5.94. The maximum atomic E-state index is 11.5. The van der Waals surface area contributed by atoms with Gasteiger partial charge < -0.3 is 14.6 Å². The van der Waals surface area contributed by atoms with Gasteiger partial charge >= 0.3 is 5.97 Å². The highest BCUT2D eigenvalue weighted by Gasteiger charge is 2.08. The van der Waals surface area contributed by atoms with Gasteiger partial charge in [-0.1, -0.05) is 35.0 Å². The first-order valence-corrected chi connectivity index (χ1v) is 6.75. The fraction of sp³-hybridized carbons (Fsp3) is 0.133. The number of carbonyl (C=O) groups excluding carboxylic acids is 2. The van der Waals surface area contributed by atoms with Crippen molar-refractivity contribution in [3.63, 3.8) is 0 Å². The molecule has 1 heterocycles. The lowest BCUT2D eigenvalue weighted by atomic mass is 10.2. The van der Waals surface area contributed by atoms with Gasteiger partial charge in [0.05, 0.1) is 0 Å². The first kappa shape index (κ1) is 15.8. The number of nitrogens with one attached hydrogen (secondary N) is 1. The van der Waals surface area contributed by atoms with Crippen LogP contribution in [0.4, 0.5) is 5.82 Å². The second-order valence-corrected chi connectivity index (χ2v) is 4.74. The molecule has 0 aliphatic heterocycles. The normalized spacial score (nSPS) is 10.6. The number of anilines is 1. The molecule has 114 valence electrons. The molecule has 0 saturated heterocycles. The SMILES string of the molecule is Cc1cc(NC(=O)COC(=O)C=Cc2ccccc2Cl)no1. The van der Waals surface area contributed by atoms with E-state index in [1.165, 1.54) is 12.2 Å². The van der Waals surface area contributed by atoms with E-state index in [1.807, 2.05) is 0 Å². The van der Waals surface area contributed by atoms with E-state index < -0.39 is 18.5 Å². The third kappa shape index (κ3) is 4.75. The lowest BCUT2D eigenvalue weighted by Crippen LogP contribution is -2.20. The summed E-state index contributed by atoms with van der Waals surface area (Å²) in [6.07, 6.45) is 2.72. The third-order valence-electron chi connectivity index (χ3n) is 2.55. The molecule has 6 nitrogen and oxygen atoms in total. The van der Waals surface area contributed by atoms with Crippen LogP contribution in [0.3, 0.4) is 0 Å². The second kappa shape index (κ2) is 7.42. The molecule has 1 amide bonds. The van der Waals surface area contributed by atoms with Gasteiger partial charge in [-0.25, -0.2) is 4.79 Å². The van der Waals surface area contributed by atoms with Crippen molar-refractivity contribution < 1.29 is 18.8 Å². The molecule has 22 heavy (non-hydrogen) atoms. The van der Waals surface area contributed by atoms with Crippen molar-refractivity contribution >= 4 is 35.4 Å². The minimum atomic E-state index is -0.647. The Morgan fingerprint density at radius 1 is 1.41 bits per heavy atom. The maximum Gasteiger partial charge on any atom is 0.331 e. The molecule has 7 heteroatoms. The zero-order valence-electron chi connectivity index (χ0n) is 11.7. The fourth-order valence-electron chi connectivity index (χ4n) is 1.56. The van der Waals surface area contributed by atoms with Crippen LogP contribution in [0.25, 0.3) is 6.08 Å². The monoisotopic (exact) mass is 320 g/mol. The molecular formula is C15H13ClN2O4. The fourth-order valence-corrected chi connectivity index (χ4v) is 1.76. The van der Waals surface area contributed by atoms with Gasteiger partial charge in [-0.2, -0.15) is 0 Å². The predicted molar refractivity (Wildman–Crippen MR) is 81.3 cm³/mol. The molecule has 2 rings (SSSR count). The summed E-state index contributed by atoms with van der Waals surface area (Å²) in [6.45, 7) is 1.28. The Balaban J connectivity index is 1.80. The van der Waals surface area contributed by atoms with E-state index in [4.69, 9.17) is 20.9 Å². The highest BCUT2D eigenvalue weighted by atomic mass is 35.5. The topological polar surface area (TPSA) is 81.4 Å². The summed E-state index contributed by atoms with van der Waals surface area (Å²) in [4.78, 5) is 23.1. The van der Waals surface area contributed by atoms with E-state index in [-0.39, 0.29) is 5.82 Å². The molecule has 0 spiro atoms. The zero-order chi connectivity index (χ0) is 15.9. The van der Waals surface area contributed by atoms with Crippen molar-refractivity contribution in [3.05, 3.63) is 52.8 Å². The van der Waals surface area contributed by atoms with Gasteiger partial charge in [-0.15, -0.1) is 0 Å². The molecule has 1 aromatic carbocycles. The third-order valence-corrected chi connectivity index (χ3v) is 2.89. The van der Waals surface area contributed by atoms with E-state index in [1.54, 1.807) is 37.3 Å². The van der Waals surface area contributed by atoms with Gasteiger partial charge in [0.15, 0.2) is 12.4 Å². The van der Waals surface area contributed by atoms with Gasteiger partial charge in [0, 0.05) is 17.2 Å². The van der Waals surface area contributed by atoms with E-state index in [2.05, 4.69) is 10.5 Å². The number of halogens is 1. The van der Waals surface area contributed by atoms with Crippen LogP contribution in [0.15, 0.2) is 40.9 Å². The quantitative estimate of drug-likeness (QED) is 0.676. The van der Waals surface area contributed by atoms with Crippen LogP contribution in [-0.4, -0.2) is 23.6 Å². The van der Waals surface area contributed by atoms with Gasteiger partial charge in [0.25, 0.3) is 5.91 Å². The average molecular weight is 321 g/mol. The number of benzene rings is 1. The zero-order valence-corrected chi connectivity index (χ0v) is 12.5.